The summed E-state index contributed by atoms with van der Waals surface area (Å²) in [6.45, 7) is 4.26. The van der Waals surface area contributed by atoms with Gasteiger partial charge in [-0.1, -0.05) is 19.1 Å². The van der Waals surface area contributed by atoms with Gasteiger partial charge in [-0.15, -0.1) is 11.8 Å². The van der Waals surface area contributed by atoms with Crippen molar-refractivity contribution in [3.05, 3.63) is 29.8 Å². The summed E-state index contributed by atoms with van der Waals surface area (Å²) in [5, 5.41) is 9.22. The van der Waals surface area contributed by atoms with E-state index in [1.54, 1.807) is 24.3 Å². The fourth-order valence-electron chi connectivity index (χ4n) is 2.40. The van der Waals surface area contributed by atoms with Gasteiger partial charge in [0.05, 0.1) is 17.5 Å². The van der Waals surface area contributed by atoms with Crippen LogP contribution in [0.3, 0.4) is 0 Å². The highest BCUT2D eigenvalue weighted by molar-refractivity contribution is 8.00. The summed E-state index contributed by atoms with van der Waals surface area (Å²) in [7, 11) is 0. The van der Waals surface area contributed by atoms with Crippen LogP contribution in [-0.2, 0) is 4.79 Å². The normalized spacial score (nSPS) is 21.3. The summed E-state index contributed by atoms with van der Waals surface area (Å²) in [6.07, 6.45) is 0.719. The molecule has 1 aromatic carbocycles. The van der Waals surface area contributed by atoms with Crippen LogP contribution < -0.4 is 4.74 Å². The Balaban J connectivity index is 2.34. The molecule has 2 rings (SSSR count). The van der Waals surface area contributed by atoms with E-state index in [9.17, 15) is 14.7 Å². The maximum atomic E-state index is 12.8. The standard InChI is InChI=1S/C15H19NO4S/c1-3-13-16(11(9-21-13)15(18)19)14(17)10-7-5-6-8-12(10)20-4-2/h5-8,11,13H,3-4,9H2,1-2H3,(H,18,19). The number of hydrogen-bond acceptors (Lipinski definition) is 4. The Morgan fingerprint density at radius 1 is 1.38 bits per heavy atom. The number of carboxylic acids is 1. The number of carbonyl (C=O) groups is 2. The first kappa shape index (κ1) is 15.7. The lowest BCUT2D eigenvalue weighted by Gasteiger charge is -2.27. The first-order valence-corrected chi connectivity index (χ1v) is 8.03. The van der Waals surface area contributed by atoms with E-state index in [1.165, 1.54) is 16.7 Å². The Hall–Kier alpha value is -1.69. The quantitative estimate of drug-likeness (QED) is 0.905. The second-order valence-corrected chi connectivity index (χ2v) is 5.90. The highest BCUT2D eigenvalue weighted by atomic mass is 32.2. The van der Waals surface area contributed by atoms with Gasteiger partial charge in [-0.05, 0) is 25.5 Å². The van der Waals surface area contributed by atoms with Crippen molar-refractivity contribution >= 4 is 23.6 Å². The van der Waals surface area contributed by atoms with Gasteiger partial charge in [-0.25, -0.2) is 4.79 Å². The Bertz CT molecular complexity index is 534. The van der Waals surface area contributed by atoms with E-state index >= 15 is 0 Å². The van der Waals surface area contributed by atoms with Crippen LogP contribution >= 0.6 is 11.8 Å². The number of thioether (sulfide) groups is 1. The van der Waals surface area contributed by atoms with Crippen molar-refractivity contribution < 1.29 is 19.4 Å². The number of amides is 1. The molecule has 5 nitrogen and oxygen atoms in total. The average Bonchev–Trinajstić information content (AvgIpc) is 2.91. The van der Waals surface area contributed by atoms with Crippen LogP contribution in [0, 0.1) is 0 Å². The van der Waals surface area contributed by atoms with Crippen molar-refractivity contribution in [1.82, 2.24) is 4.90 Å². The predicted molar refractivity (Wildman–Crippen MR) is 81.7 cm³/mol. The largest absolute Gasteiger partial charge is 0.493 e. The van der Waals surface area contributed by atoms with Crippen molar-refractivity contribution in [2.24, 2.45) is 0 Å². The molecule has 2 atom stereocenters. The van der Waals surface area contributed by atoms with Crippen LogP contribution in [-0.4, -0.2) is 45.7 Å². The summed E-state index contributed by atoms with van der Waals surface area (Å²) in [5.74, 6) is -0.305. The van der Waals surface area contributed by atoms with Gasteiger partial charge in [0, 0.05) is 5.75 Å². The molecule has 1 aliphatic heterocycles. The summed E-state index contributed by atoms with van der Waals surface area (Å²) in [4.78, 5) is 25.7. The van der Waals surface area contributed by atoms with Gasteiger partial charge >= 0.3 is 5.97 Å². The smallest absolute Gasteiger partial charge is 0.327 e. The fourth-order valence-corrected chi connectivity index (χ4v) is 3.75. The van der Waals surface area contributed by atoms with Crippen LogP contribution in [0.4, 0.5) is 0 Å². The minimum atomic E-state index is -0.958. The molecule has 1 fully saturated rings. The van der Waals surface area contributed by atoms with Crippen LogP contribution in [0.25, 0.3) is 0 Å². The zero-order valence-corrected chi connectivity index (χ0v) is 12.9. The number of carboxylic acid groups (broad SMARTS) is 1. The Morgan fingerprint density at radius 3 is 2.71 bits per heavy atom. The summed E-state index contributed by atoms with van der Waals surface area (Å²) in [6, 6.07) is 6.20. The third-order valence-corrected chi connectivity index (χ3v) is 4.83. The minimum absolute atomic E-state index is 0.103. The Morgan fingerprint density at radius 2 is 2.10 bits per heavy atom. The molecule has 1 heterocycles. The highest BCUT2D eigenvalue weighted by Gasteiger charge is 2.41. The molecule has 0 spiro atoms. The van der Waals surface area contributed by atoms with Crippen LogP contribution in [0.1, 0.15) is 30.6 Å². The number of para-hydroxylation sites is 1. The molecule has 6 heteroatoms. The number of ether oxygens (including phenoxy) is 1. The molecule has 1 aliphatic rings. The maximum absolute atomic E-state index is 12.8. The molecular formula is C15H19NO4S. The van der Waals surface area contributed by atoms with E-state index in [4.69, 9.17) is 4.74 Å². The van der Waals surface area contributed by atoms with E-state index < -0.39 is 12.0 Å². The molecule has 1 N–H and O–H groups in total. The predicted octanol–water partition coefficient (Wildman–Crippen LogP) is 2.46. The third-order valence-electron chi connectivity index (χ3n) is 3.38. The van der Waals surface area contributed by atoms with Crippen LogP contribution in [0.5, 0.6) is 5.75 Å². The summed E-state index contributed by atoms with van der Waals surface area (Å²) < 4.78 is 5.48. The third kappa shape index (κ3) is 3.15. The lowest BCUT2D eigenvalue weighted by Crippen LogP contribution is -2.45. The Labute approximate surface area is 128 Å². The summed E-state index contributed by atoms with van der Waals surface area (Å²) >= 11 is 1.51. The van der Waals surface area contributed by atoms with Gasteiger partial charge in [0.1, 0.15) is 11.8 Å². The molecule has 0 saturated carbocycles. The molecule has 1 saturated heterocycles. The average molecular weight is 309 g/mol. The second kappa shape index (κ2) is 6.85. The molecular weight excluding hydrogens is 290 g/mol. The molecule has 0 aliphatic carbocycles. The molecule has 0 bridgehead atoms. The van der Waals surface area contributed by atoms with Gasteiger partial charge in [-0.3, -0.25) is 4.79 Å². The van der Waals surface area contributed by atoms with E-state index in [0.717, 1.165) is 6.42 Å². The number of carbonyl (C=O) groups excluding carboxylic acids is 1. The van der Waals surface area contributed by atoms with E-state index in [-0.39, 0.29) is 11.3 Å². The van der Waals surface area contributed by atoms with Crippen LogP contribution in [0.15, 0.2) is 24.3 Å². The maximum Gasteiger partial charge on any atom is 0.327 e. The molecule has 114 valence electrons. The molecule has 1 amide bonds. The zero-order chi connectivity index (χ0) is 15.4. The molecule has 0 radical (unpaired) electrons. The van der Waals surface area contributed by atoms with Crippen molar-refractivity contribution in [2.75, 3.05) is 12.4 Å². The molecule has 0 aromatic heterocycles. The van der Waals surface area contributed by atoms with E-state index in [2.05, 4.69) is 0 Å². The number of hydrogen-bond donors (Lipinski definition) is 1. The van der Waals surface area contributed by atoms with Gasteiger partial charge in [0.2, 0.25) is 0 Å². The van der Waals surface area contributed by atoms with Crippen molar-refractivity contribution in [1.29, 1.82) is 0 Å². The van der Waals surface area contributed by atoms with Gasteiger partial charge in [0.25, 0.3) is 5.91 Å². The Kier molecular flexibility index (Phi) is 5.12. The number of nitrogens with zero attached hydrogens (tertiary/aromatic N) is 1. The second-order valence-electron chi connectivity index (χ2n) is 4.69. The van der Waals surface area contributed by atoms with E-state index in [1.807, 2.05) is 13.8 Å². The van der Waals surface area contributed by atoms with Gasteiger partial charge in [-0.2, -0.15) is 0 Å². The van der Waals surface area contributed by atoms with Gasteiger partial charge < -0.3 is 14.7 Å². The number of rotatable bonds is 5. The van der Waals surface area contributed by atoms with Gasteiger partial charge in [0.15, 0.2) is 0 Å². The first-order chi connectivity index (χ1) is 10.1. The van der Waals surface area contributed by atoms with E-state index in [0.29, 0.717) is 23.7 Å². The molecule has 1 aromatic rings. The number of benzene rings is 1. The van der Waals surface area contributed by atoms with Crippen molar-refractivity contribution in [2.45, 2.75) is 31.7 Å². The minimum Gasteiger partial charge on any atom is -0.493 e. The SMILES string of the molecule is CCOc1ccccc1C(=O)N1C(CC)SCC1C(=O)O. The first-order valence-electron chi connectivity index (χ1n) is 6.99. The summed E-state index contributed by atoms with van der Waals surface area (Å²) in [5.41, 5.74) is 0.423. The monoisotopic (exact) mass is 309 g/mol. The van der Waals surface area contributed by atoms with Crippen molar-refractivity contribution in [3.63, 3.8) is 0 Å². The highest BCUT2D eigenvalue weighted by Crippen LogP contribution is 2.34. The lowest BCUT2D eigenvalue weighted by atomic mass is 10.1. The topological polar surface area (TPSA) is 66.8 Å². The molecule has 21 heavy (non-hydrogen) atoms. The molecule has 2 unspecified atom stereocenters. The fraction of sp³-hybridized carbons (Fsp3) is 0.467. The zero-order valence-electron chi connectivity index (χ0n) is 12.1. The number of aliphatic carboxylic acids is 1. The van der Waals surface area contributed by atoms with Crippen LogP contribution in [0.2, 0.25) is 0 Å². The lowest BCUT2D eigenvalue weighted by molar-refractivity contribution is -0.141. The van der Waals surface area contributed by atoms with Crippen molar-refractivity contribution in [3.8, 4) is 5.75 Å².